The van der Waals surface area contributed by atoms with E-state index in [1.54, 1.807) is 6.07 Å². The molecule has 3 rings (SSSR count). The van der Waals surface area contributed by atoms with Gasteiger partial charge in [-0.15, -0.1) is 5.10 Å². The van der Waals surface area contributed by atoms with Crippen LogP contribution >= 0.6 is 11.8 Å². The van der Waals surface area contributed by atoms with E-state index in [1.807, 2.05) is 22.9 Å². The van der Waals surface area contributed by atoms with Crippen LogP contribution in [0, 0.1) is 0 Å². The van der Waals surface area contributed by atoms with E-state index in [-0.39, 0.29) is 0 Å². The molecule has 1 aliphatic rings. The Labute approximate surface area is 115 Å². The zero-order valence-corrected chi connectivity index (χ0v) is 11.2. The Morgan fingerprint density at radius 3 is 2.84 bits per heavy atom. The molecule has 1 heterocycles. The summed E-state index contributed by atoms with van der Waals surface area (Å²) in [5, 5.41) is 12.7. The van der Waals surface area contributed by atoms with Gasteiger partial charge in [0.25, 0.3) is 0 Å². The number of benzene rings is 1. The molecule has 1 aromatic carbocycles. The summed E-state index contributed by atoms with van der Waals surface area (Å²) in [5.74, 6) is 0. The molecule has 2 aromatic rings. The number of tetrazole rings is 1. The van der Waals surface area contributed by atoms with Crippen LogP contribution in [0.4, 0.5) is 0 Å². The SMILES string of the molecule is O=Cc1ccccc1Sc1nnnn1C1CCCC1. The van der Waals surface area contributed by atoms with Crippen molar-refractivity contribution in [2.45, 2.75) is 41.8 Å². The van der Waals surface area contributed by atoms with Crippen molar-refractivity contribution >= 4 is 18.0 Å². The highest BCUT2D eigenvalue weighted by atomic mass is 32.2. The van der Waals surface area contributed by atoms with Gasteiger partial charge < -0.3 is 0 Å². The summed E-state index contributed by atoms with van der Waals surface area (Å²) in [6, 6.07) is 7.90. The van der Waals surface area contributed by atoms with Crippen molar-refractivity contribution in [3.8, 4) is 0 Å². The Morgan fingerprint density at radius 2 is 2.05 bits per heavy atom. The third kappa shape index (κ3) is 2.53. The van der Waals surface area contributed by atoms with Gasteiger partial charge in [-0.25, -0.2) is 4.68 Å². The second-order valence-electron chi connectivity index (χ2n) is 4.60. The summed E-state index contributed by atoms with van der Waals surface area (Å²) in [6.45, 7) is 0. The molecule has 6 heteroatoms. The third-order valence-corrected chi connectivity index (χ3v) is 4.42. The lowest BCUT2D eigenvalue weighted by Crippen LogP contribution is -2.08. The molecule has 1 fully saturated rings. The summed E-state index contributed by atoms with van der Waals surface area (Å²) >= 11 is 1.45. The van der Waals surface area contributed by atoms with Gasteiger partial charge in [-0.1, -0.05) is 31.0 Å². The molecule has 0 amide bonds. The molecule has 1 aliphatic carbocycles. The van der Waals surface area contributed by atoms with Crippen molar-refractivity contribution in [2.75, 3.05) is 0 Å². The highest BCUT2D eigenvalue weighted by molar-refractivity contribution is 7.99. The first-order valence-electron chi connectivity index (χ1n) is 6.38. The minimum absolute atomic E-state index is 0.404. The lowest BCUT2D eigenvalue weighted by molar-refractivity contribution is 0.112. The van der Waals surface area contributed by atoms with Crippen LogP contribution in [0.25, 0.3) is 0 Å². The van der Waals surface area contributed by atoms with Crippen molar-refractivity contribution in [1.29, 1.82) is 0 Å². The molecule has 0 atom stereocenters. The van der Waals surface area contributed by atoms with E-state index in [4.69, 9.17) is 0 Å². The fourth-order valence-electron chi connectivity index (χ4n) is 2.40. The third-order valence-electron chi connectivity index (χ3n) is 3.38. The Balaban J connectivity index is 1.87. The summed E-state index contributed by atoms with van der Waals surface area (Å²) in [5.41, 5.74) is 0.675. The van der Waals surface area contributed by atoms with Gasteiger partial charge in [-0.2, -0.15) is 0 Å². The Hall–Kier alpha value is -1.69. The molecular formula is C13H14N4OS. The number of hydrogen-bond donors (Lipinski definition) is 0. The summed E-state index contributed by atoms with van der Waals surface area (Å²) in [7, 11) is 0. The van der Waals surface area contributed by atoms with Crippen molar-refractivity contribution in [3.05, 3.63) is 29.8 Å². The van der Waals surface area contributed by atoms with Crippen molar-refractivity contribution in [3.63, 3.8) is 0 Å². The predicted octanol–water partition coefficient (Wildman–Crippen LogP) is 2.75. The van der Waals surface area contributed by atoms with Crippen LogP contribution in [0.1, 0.15) is 42.1 Å². The summed E-state index contributed by atoms with van der Waals surface area (Å²) < 4.78 is 1.90. The normalized spacial score (nSPS) is 15.8. The number of hydrogen-bond acceptors (Lipinski definition) is 5. The zero-order chi connectivity index (χ0) is 13.1. The van der Waals surface area contributed by atoms with E-state index < -0.39 is 0 Å². The molecule has 0 spiro atoms. The van der Waals surface area contributed by atoms with Crippen LogP contribution in [-0.2, 0) is 0 Å². The second kappa shape index (κ2) is 5.52. The first-order valence-corrected chi connectivity index (χ1v) is 7.20. The Kier molecular flexibility index (Phi) is 3.59. The fourth-order valence-corrected chi connectivity index (χ4v) is 3.33. The molecule has 0 bridgehead atoms. The highest BCUT2D eigenvalue weighted by Crippen LogP contribution is 2.34. The van der Waals surface area contributed by atoms with Crippen LogP contribution < -0.4 is 0 Å². The molecule has 0 unspecified atom stereocenters. The number of carbonyl (C=O) groups is 1. The maximum absolute atomic E-state index is 11.0. The molecular weight excluding hydrogens is 260 g/mol. The maximum Gasteiger partial charge on any atom is 0.214 e. The predicted molar refractivity (Wildman–Crippen MR) is 71.3 cm³/mol. The zero-order valence-electron chi connectivity index (χ0n) is 10.4. The standard InChI is InChI=1S/C13H14N4OS/c18-9-10-5-1-4-8-12(10)19-13-14-15-16-17(13)11-6-2-3-7-11/h1,4-5,8-9,11H,2-3,6-7H2. The van der Waals surface area contributed by atoms with Crippen LogP contribution in [-0.4, -0.2) is 26.5 Å². The van der Waals surface area contributed by atoms with Crippen molar-refractivity contribution in [2.24, 2.45) is 0 Å². The molecule has 0 aliphatic heterocycles. The van der Waals surface area contributed by atoms with Crippen LogP contribution in [0.15, 0.2) is 34.3 Å². The van der Waals surface area contributed by atoms with Crippen LogP contribution in [0.3, 0.4) is 0 Å². The molecule has 0 radical (unpaired) electrons. The van der Waals surface area contributed by atoms with Gasteiger partial charge in [0.2, 0.25) is 5.16 Å². The molecule has 1 saturated carbocycles. The molecule has 19 heavy (non-hydrogen) atoms. The topological polar surface area (TPSA) is 60.7 Å². The first kappa shape index (κ1) is 12.3. The highest BCUT2D eigenvalue weighted by Gasteiger charge is 2.22. The van der Waals surface area contributed by atoms with E-state index in [9.17, 15) is 4.79 Å². The number of rotatable bonds is 4. The molecule has 0 N–H and O–H groups in total. The maximum atomic E-state index is 11.0. The summed E-state index contributed by atoms with van der Waals surface area (Å²) in [6.07, 6.45) is 5.60. The minimum atomic E-state index is 0.404. The Bertz CT molecular complexity index is 578. The van der Waals surface area contributed by atoms with Crippen molar-refractivity contribution in [1.82, 2.24) is 20.2 Å². The minimum Gasteiger partial charge on any atom is -0.298 e. The average molecular weight is 274 g/mol. The van der Waals surface area contributed by atoms with E-state index in [1.165, 1.54) is 24.6 Å². The van der Waals surface area contributed by atoms with Gasteiger partial charge in [0.15, 0.2) is 6.29 Å². The van der Waals surface area contributed by atoms with E-state index in [0.717, 1.165) is 29.2 Å². The number of carbonyl (C=O) groups excluding carboxylic acids is 1. The van der Waals surface area contributed by atoms with Gasteiger partial charge in [-0.3, -0.25) is 4.79 Å². The number of aldehydes is 1. The van der Waals surface area contributed by atoms with Gasteiger partial charge in [0.1, 0.15) is 0 Å². The average Bonchev–Trinajstić information content (AvgIpc) is 3.09. The quantitative estimate of drug-likeness (QED) is 0.802. The van der Waals surface area contributed by atoms with Crippen LogP contribution in [0.2, 0.25) is 0 Å². The molecule has 98 valence electrons. The number of aromatic nitrogens is 4. The van der Waals surface area contributed by atoms with Gasteiger partial charge >= 0.3 is 0 Å². The molecule has 0 saturated heterocycles. The van der Waals surface area contributed by atoms with E-state index in [2.05, 4.69) is 15.5 Å². The van der Waals surface area contributed by atoms with Gasteiger partial charge in [0.05, 0.1) is 6.04 Å². The summed E-state index contributed by atoms with van der Waals surface area (Å²) in [4.78, 5) is 11.9. The molecule has 5 nitrogen and oxygen atoms in total. The number of nitrogens with zero attached hydrogens (tertiary/aromatic N) is 4. The second-order valence-corrected chi connectivity index (χ2v) is 5.61. The van der Waals surface area contributed by atoms with Crippen molar-refractivity contribution < 1.29 is 4.79 Å². The van der Waals surface area contributed by atoms with Gasteiger partial charge in [0, 0.05) is 10.5 Å². The lowest BCUT2D eigenvalue weighted by atomic mass is 10.2. The van der Waals surface area contributed by atoms with Gasteiger partial charge in [-0.05, 0) is 41.1 Å². The molecule has 1 aromatic heterocycles. The largest absolute Gasteiger partial charge is 0.298 e. The van der Waals surface area contributed by atoms with E-state index in [0.29, 0.717) is 11.6 Å². The Morgan fingerprint density at radius 1 is 1.26 bits per heavy atom. The monoisotopic (exact) mass is 274 g/mol. The lowest BCUT2D eigenvalue weighted by Gasteiger charge is -2.11. The fraction of sp³-hybridized carbons (Fsp3) is 0.385. The van der Waals surface area contributed by atoms with E-state index >= 15 is 0 Å². The first-order chi connectivity index (χ1) is 9.38. The van der Waals surface area contributed by atoms with Crippen LogP contribution in [0.5, 0.6) is 0 Å². The smallest absolute Gasteiger partial charge is 0.214 e.